The van der Waals surface area contributed by atoms with E-state index in [0.29, 0.717) is 37.2 Å². The van der Waals surface area contributed by atoms with Gasteiger partial charge in [-0.1, -0.05) is 17.3 Å². The molecule has 10 nitrogen and oxygen atoms in total. The Morgan fingerprint density at radius 1 is 1.32 bits per heavy atom. The van der Waals surface area contributed by atoms with Crippen LogP contribution in [-0.2, 0) is 11.3 Å². The van der Waals surface area contributed by atoms with Crippen molar-refractivity contribution in [1.82, 2.24) is 20.0 Å². The molecule has 31 heavy (non-hydrogen) atoms. The molecule has 0 spiro atoms. The van der Waals surface area contributed by atoms with Gasteiger partial charge >= 0.3 is 0 Å². The largest absolute Gasteiger partial charge is 0.733 e. The van der Waals surface area contributed by atoms with E-state index in [1.807, 2.05) is 24.3 Å². The van der Waals surface area contributed by atoms with E-state index >= 15 is 0 Å². The lowest BCUT2D eigenvalue weighted by Gasteiger charge is -2.23. The minimum absolute atomic E-state index is 0.0244. The summed E-state index contributed by atoms with van der Waals surface area (Å²) in [6.07, 6.45) is 3.67. The number of pyridine rings is 1. The monoisotopic (exact) mass is 425 g/mol. The average molecular weight is 425 g/mol. The van der Waals surface area contributed by atoms with Crippen molar-refractivity contribution in [1.29, 1.82) is 0 Å². The Hall–Kier alpha value is -3.05. The molecular formula is C21H25N6O4-. The van der Waals surface area contributed by atoms with Gasteiger partial charge in [-0.2, -0.15) is 4.98 Å². The van der Waals surface area contributed by atoms with Gasteiger partial charge in [-0.25, -0.2) is 4.98 Å². The predicted molar refractivity (Wildman–Crippen MR) is 114 cm³/mol. The van der Waals surface area contributed by atoms with Gasteiger partial charge in [0.1, 0.15) is 5.82 Å². The minimum Gasteiger partial charge on any atom is -0.733 e. The molecule has 4 rings (SSSR count). The van der Waals surface area contributed by atoms with E-state index in [-0.39, 0.29) is 17.0 Å². The Bertz CT molecular complexity index is 978. The van der Waals surface area contributed by atoms with E-state index in [2.05, 4.69) is 25.3 Å². The first kappa shape index (κ1) is 21.2. The molecule has 0 bridgehead atoms. The Morgan fingerprint density at radius 3 is 2.94 bits per heavy atom. The molecule has 3 aromatic rings. The first-order chi connectivity index (χ1) is 15.2. The first-order valence-corrected chi connectivity index (χ1v) is 10.2. The summed E-state index contributed by atoms with van der Waals surface area (Å²) in [7, 11) is 1.65. The number of anilines is 2. The summed E-state index contributed by atoms with van der Waals surface area (Å²) in [6, 6.07) is 10.6. The van der Waals surface area contributed by atoms with Gasteiger partial charge in [0.2, 0.25) is 11.7 Å². The zero-order valence-corrected chi connectivity index (χ0v) is 17.3. The molecule has 2 N–H and O–H groups in total. The highest BCUT2D eigenvalue weighted by Gasteiger charge is 2.31. The molecular weight excluding hydrogens is 400 g/mol. The van der Waals surface area contributed by atoms with E-state index in [9.17, 15) is 5.21 Å². The van der Waals surface area contributed by atoms with Crippen LogP contribution in [0.2, 0.25) is 0 Å². The fourth-order valence-corrected chi connectivity index (χ4v) is 3.74. The maximum atomic E-state index is 11.0. The van der Waals surface area contributed by atoms with Gasteiger partial charge in [0, 0.05) is 26.4 Å². The van der Waals surface area contributed by atoms with Crippen molar-refractivity contribution in [3.63, 3.8) is 0 Å². The second-order valence-corrected chi connectivity index (χ2v) is 7.34. The minimum atomic E-state index is -0.140. The highest BCUT2D eigenvalue weighted by Crippen LogP contribution is 2.34. The summed E-state index contributed by atoms with van der Waals surface area (Å²) in [6.45, 7) is 2.79. The molecule has 1 atom stereocenters. The molecule has 3 heterocycles. The lowest BCUT2D eigenvalue weighted by Crippen LogP contribution is -2.23. The van der Waals surface area contributed by atoms with Crippen LogP contribution in [0.3, 0.4) is 0 Å². The van der Waals surface area contributed by atoms with Crippen LogP contribution >= 0.6 is 0 Å². The van der Waals surface area contributed by atoms with Crippen molar-refractivity contribution in [3.05, 3.63) is 59.3 Å². The number of benzene rings is 1. The molecule has 0 unspecified atom stereocenters. The topological polar surface area (TPSA) is 123 Å². The van der Waals surface area contributed by atoms with Gasteiger partial charge in [0.05, 0.1) is 23.9 Å². The lowest BCUT2D eigenvalue weighted by atomic mass is 10.1. The Balaban J connectivity index is 1.48. The highest BCUT2D eigenvalue weighted by atomic mass is 16.8. The number of ether oxygens (including phenoxy) is 1. The second-order valence-electron chi connectivity index (χ2n) is 7.34. The number of nitrogens with zero attached hydrogens (tertiary/aromatic N) is 5. The van der Waals surface area contributed by atoms with Crippen LogP contribution in [0.15, 0.2) is 47.1 Å². The van der Waals surface area contributed by atoms with Crippen molar-refractivity contribution in [2.75, 3.05) is 37.3 Å². The Morgan fingerprint density at radius 2 is 2.16 bits per heavy atom. The molecule has 1 fully saturated rings. The van der Waals surface area contributed by atoms with E-state index in [1.165, 1.54) is 0 Å². The predicted octanol–water partition coefficient (Wildman–Crippen LogP) is 3.22. The summed E-state index contributed by atoms with van der Waals surface area (Å²) in [5.74, 6) is 1.76. The number of methoxy groups -OCH3 is 1. The van der Waals surface area contributed by atoms with Crippen molar-refractivity contribution in [3.8, 4) is 11.4 Å². The Labute approximate surface area is 180 Å². The maximum absolute atomic E-state index is 11.0. The maximum Gasteiger partial charge on any atom is 0.244 e. The summed E-state index contributed by atoms with van der Waals surface area (Å²) in [4.78, 5) is 11.3. The molecule has 0 aliphatic carbocycles. The van der Waals surface area contributed by atoms with Crippen LogP contribution in [0, 0.1) is 5.21 Å². The van der Waals surface area contributed by atoms with Crippen molar-refractivity contribution in [2.24, 2.45) is 0 Å². The van der Waals surface area contributed by atoms with Crippen LogP contribution in [0.25, 0.3) is 11.4 Å². The second kappa shape index (κ2) is 9.84. The number of hydrogen-bond acceptors (Lipinski definition) is 10. The number of hydrogen-bond donors (Lipinski definition) is 2. The van der Waals surface area contributed by atoms with Crippen molar-refractivity contribution >= 4 is 11.5 Å². The number of nitrogens with one attached hydrogen (secondary N) is 1. The number of likely N-dealkylation sites (tertiary alicyclic amines) is 1. The van der Waals surface area contributed by atoms with Gasteiger partial charge in [-0.15, -0.1) is 0 Å². The van der Waals surface area contributed by atoms with E-state index < -0.39 is 0 Å². The van der Waals surface area contributed by atoms with E-state index in [0.717, 1.165) is 30.5 Å². The molecule has 1 saturated heterocycles. The normalized spacial score (nSPS) is 16.5. The quantitative estimate of drug-likeness (QED) is 0.390. The summed E-state index contributed by atoms with van der Waals surface area (Å²) in [5.41, 5.74) is 2.02. The Kier molecular flexibility index (Phi) is 6.73. The van der Waals surface area contributed by atoms with Gasteiger partial charge in [-0.3, -0.25) is 10.1 Å². The molecule has 164 valence electrons. The summed E-state index contributed by atoms with van der Waals surface area (Å²) < 4.78 is 10.7. The van der Waals surface area contributed by atoms with Gasteiger partial charge in [0.15, 0.2) is 0 Å². The first-order valence-electron chi connectivity index (χ1n) is 10.2. The molecule has 1 aromatic carbocycles. The van der Waals surface area contributed by atoms with Gasteiger partial charge in [-0.05, 0) is 49.2 Å². The van der Waals surface area contributed by atoms with Crippen LogP contribution in [0.5, 0.6) is 0 Å². The molecule has 2 aromatic heterocycles. The third-order valence-electron chi connectivity index (χ3n) is 5.28. The summed E-state index contributed by atoms with van der Waals surface area (Å²) >= 11 is 0. The number of rotatable bonds is 9. The number of aromatic nitrogens is 3. The molecule has 0 amide bonds. The van der Waals surface area contributed by atoms with Crippen LogP contribution < -0.4 is 10.5 Å². The fraction of sp³-hybridized carbons (Fsp3) is 0.381. The van der Waals surface area contributed by atoms with Crippen LogP contribution in [0.1, 0.15) is 30.3 Å². The lowest BCUT2D eigenvalue weighted by molar-refractivity contribution is 0.201. The van der Waals surface area contributed by atoms with Crippen molar-refractivity contribution in [2.45, 2.75) is 25.4 Å². The highest BCUT2D eigenvalue weighted by molar-refractivity contribution is 5.69. The standard InChI is InChI=1S/C21H25N6O4/c1-30-13-11-23-19-17(4-2-10-22-19)20-24-21(31-25-20)18-5-3-12-26(18)14-15-6-8-16(9-7-15)27(28)29/h2,4,6-10,18,28H,3,5,11-14H2,1H3,(H,22,23)/q-1/t18-/m1/s1. The fourth-order valence-electron chi connectivity index (χ4n) is 3.74. The van der Waals surface area contributed by atoms with Crippen molar-refractivity contribution < 1.29 is 14.5 Å². The van der Waals surface area contributed by atoms with Crippen LogP contribution in [-0.4, -0.2) is 52.0 Å². The van der Waals surface area contributed by atoms with E-state index in [1.54, 1.807) is 25.4 Å². The van der Waals surface area contributed by atoms with Gasteiger partial charge < -0.3 is 25.0 Å². The third kappa shape index (κ3) is 5.00. The van der Waals surface area contributed by atoms with E-state index in [4.69, 9.17) is 14.5 Å². The van der Waals surface area contributed by atoms with Gasteiger partial charge in [0.25, 0.3) is 0 Å². The van der Waals surface area contributed by atoms with Crippen LogP contribution in [0.4, 0.5) is 11.5 Å². The third-order valence-corrected chi connectivity index (χ3v) is 5.28. The zero-order valence-electron chi connectivity index (χ0n) is 17.3. The SMILES string of the molecule is COCCNc1ncccc1-c1noc([C@H]2CCCN2Cc2ccc(N([O-])O)cc2)n1. The summed E-state index contributed by atoms with van der Waals surface area (Å²) in [5, 5.41) is 27.3. The zero-order chi connectivity index (χ0) is 21.6. The molecule has 1 aliphatic rings. The molecule has 0 saturated carbocycles. The smallest absolute Gasteiger partial charge is 0.244 e. The molecule has 1 aliphatic heterocycles. The average Bonchev–Trinajstić information content (AvgIpc) is 3.44. The molecule has 0 radical (unpaired) electrons. The molecule has 10 heteroatoms.